The second kappa shape index (κ2) is 4.11. The summed E-state index contributed by atoms with van der Waals surface area (Å²) in [5.41, 5.74) is 1.82. The van der Waals surface area contributed by atoms with Crippen LogP contribution < -0.4 is 0 Å². The molecule has 2 rings (SSSR count). The van der Waals surface area contributed by atoms with Gasteiger partial charge in [-0.05, 0) is 28.1 Å². The van der Waals surface area contributed by atoms with Gasteiger partial charge in [-0.25, -0.2) is 4.68 Å². The van der Waals surface area contributed by atoms with Crippen molar-refractivity contribution >= 4 is 27.5 Å². The third-order valence-corrected chi connectivity index (χ3v) is 2.78. The Bertz CT molecular complexity index is 441. The van der Waals surface area contributed by atoms with Crippen molar-refractivity contribution in [2.45, 2.75) is 5.88 Å². The van der Waals surface area contributed by atoms with E-state index in [0.717, 1.165) is 15.9 Å². The minimum atomic E-state index is 0.397. The standard InChI is InChI=1S/C9H7BrClN3/c10-8-3-1-2-4-9(8)14-7(5-11)6-12-13-14/h1-4,6H,5H2. The second-order valence-electron chi connectivity index (χ2n) is 2.72. The Morgan fingerprint density at radius 2 is 2.14 bits per heavy atom. The fraction of sp³-hybridized carbons (Fsp3) is 0.111. The van der Waals surface area contributed by atoms with Crippen molar-refractivity contribution in [1.82, 2.24) is 15.0 Å². The van der Waals surface area contributed by atoms with Crippen molar-refractivity contribution in [1.29, 1.82) is 0 Å². The zero-order chi connectivity index (χ0) is 9.97. The Morgan fingerprint density at radius 1 is 1.36 bits per heavy atom. The zero-order valence-electron chi connectivity index (χ0n) is 7.19. The van der Waals surface area contributed by atoms with Crippen LogP contribution in [0.4, 0.5) is 0 Å². The maximum atomic E-state index is 5.76. The van der Waals surface area contributed by atoms with Gasteiger partial charge in [0.05, 0.1) is 23.5 Å². The van der Waals surface area contributed by atoms with Crippen molar-refractivity contribution in [2.24, 2.45) is 0 Å². The molecule has 1 aromatic heterocycles. The third-order valence-electron chi connectivity index (χ3n) is 1.84. The van der Waals surface area contributed by atoms with Gasteiger partial charge in [-0.3, -0.25) is 0 Å². The van der Waals surface area contributed by atoms with Gasteiger partial charge in [-0.15, -0.1) is 16.7 Å². The van der Waals surface area contributed by atoms with E-state index in [0.29, 0.717) is 5.88 Å². The average Bonchev–Trinajstić information content (AvgIpc) is 2.66. The first kappa shape index (κ1) is 9.68. The molecule has 1 aromatic carbocycles. The van der Waals surface area contributed by atoms with Crippen LogP contribution in [0.25, 0.3) is 5.69 Å². The molecule has 0 aliphatic carbocycles. The van der Waals surface area contributed by atoms with Crippen LogP contribution in [0.2, 0.25) is 0 Å². The van der Waals surface area contributed by atoms with E-state index in [-0.39, 0.29) is 0 Å². The average molecular weight is 273 g/mol. The van der Waals surface area contributed by atoms with Crippen molar-refractivity contribution < 1.29 is 0 Å². The number of nitrogens with zero attached hydrogens (tertiary/aromatic N) is 3. The van der Waals surface area contributed by atoms with Crippen LogP contribution in [0.15, 0.2) is 34.9 Å². The summed E-state index contributed by atoms with van der Waals surface area (Å²) >= 11 is 9.21. The van der Waals surface area contributed by atoms with Gasteiger partial charge in [0, 0.05) is 4.47 Å². The molecule has 14 heavy (non-hydrogen) atoms. The minimum absolute atomic E-state index is 0.397. The molecule has 0 amide bonds. The third kappa shape index (κ3) is 1.67. The largest absolute Gasteiger partial charge is 0.215 e. The van der Waals surface area contributed by atoms with Crippen molar-refractivity contribution in [3.63, 3.8) is 0 Å². The Hall–Kier alpha value is -0.870. The lowest BCUT2D eigenvalue weighted by atomic mass is 10.3. The van der Waals surface area contributed by atoms with Crippen molar-refractivity contribution in [3.05, 3.63) is 40.6 Å². The van der Waals surface area contributed by atoms with Gasteiger partial charge in [0.1, 0.15) is 0 Å². The van der Waals surface area contributed by atoms with Gasteiger partial charge >= 0.3 is 0 Å². The quantitative estimate of drug-likeness (QED) is 0.787. The van der Waals surface area contributed by atoms with Gasteiger partial charge in [0.25, 0.3) is 0 Å². The summed E-state index contributed by atoms with van der Waals surface area (Å²) in [5.74, 6) is 0.397. The van der Waals surface area contributed by atoms with Gasteiger partial charge < -0.3 is 0 Å². The number of aromatic nitrogens is 3. The molecule has 0 fully saturated rings. The molecule has 0 N–H and O–H groups in total. The first-order chi connectivity index (χ1) is 6.83. The molecule has 0 atom stereocenters. The van der Waals surface area contributed by atoms with Crippen LogP contribution in [0.3, 0.4) is 0 Å². The van der Waals surface area contributed by atoms with Crippen LogP contribution in [-0.4, -0.2) is 15.0 Å². The highest BCUT2D eigenvalue weighted by molar-refractivity contribution is 9.10. The fourth-order valence-electron chi connectivity index (χ4n) is 1.17. The normalized spacial score (nSPS) is 10.4. The van der Waals surface area contributed by atoms with Crippen LogP contribution in [0.1, 0.15) is 5.69 Å². The Balaban J connectivity index is 2.54. The summed E-state index contributed by atoms with van der Waals surface area (Å²) < 4.78 is 2.69. The highest BCUT2D eigenvalue weighted by Gasteiger charge is 2.07. The van der Waals surface area contributed by atoms with Gasteiger partial charge in [0.15, 0.2) is 0 Å². The molecule has 0 saturated heterocycles. The predicted molar refractivity (Wildman–Crippen MR) is 58.6 cm³/mol. The first-order valence-corrected chi connectivity index (χ1v) is 5.36. The lowest BCUT2D eigenvalue weighted by Gasteiger charge is -2.05. The summed E-state index contributed by atoms with van der Waals surface area (Å²) in [6.45, 7) is 0. The molecular formula is C9H7BrClN3. The predicted octanol–water partition coefficient (Wildman–Crippen LogP) is 2.77. The molecule has 3 nitrogen and oxygen atoms in total. The van der Waals surface area contributed by atoms with Crippen LogP contribution in [0.5, 0.6) is 0 Å². The fourth-order valence-corrected chi connectivity index (χ4v) is 1.81. The number of hydrogen-bond acceptors (Lipinski definition) is 2. The topological polar surface area (TPSA) is 30.7 Å². The number of benzene rings is 1. The lowest BCUT2D eigenvalue weighted by molar-refractivity contribution is 0.778. The van der Waals surface area contributed by atoms with E-state index >= 15 is 0 Å². The number of hydrogen-bond donors (Lipinski definition) is 0. The van der Waals surface area contributed by atoms with Crippen molar-refractivity contribution in [2.75, 3.05) is 0 Å². The number of para-hydroxylation sites is 1. The molecule has 0 unspecified atom stereocenters. The van der Waals surface area contributed by atoms with E-state index in [1.165, 1.54) is 0 Å². The molecule has 5 heteroatoms. The molecule has 2 aromatic rings. The Kier molecular flexibility index (Phi) is 2.84. The van der Waals surface area contributed by atoms with Crippen molar-refractivity contribution in [3.8, 4) is 5.69 Å². The van der Waals surface area contributed by atoms with Crippen LogP contribution in [-0.2, 0) is 5.88 Å². The number of rotatable bonds is 2. The zero-order valence-corrected chi connectivity index (χ0v) is 9.53. The highest BCUT2D eigenvalue weighted by Crippen LogP contribution is 2.21. The molecule has 1 heterocycles. The van der Waals surface area contributed by atoms with Crippen LogP contribution >= 0.6 is 27.5 Å². The SMILES string of the molecule is ClCc1cnnn1-c1ccccc1Br. The van der Waals surface area contributed by atoms with E-state index in [4.69, 9.17) is 11.6 Å². The summed E-state index contributed by atoms with van der Waals surface area (Å²) in [6.07, 6.45) is 1.66. The van der Waals surface area contributed by atoms with Crippen LogP contribution in [0, 0.1) is 0 Å². The minimum Gasteiger partial charge on any atom is -0.215 e. The van der Waals surface area contributed by atoms with E-state index < -0.39 is 0 Å². The van der Waals surface area contributed by atoms with E-state index in [1.54, 1.807) is 10.9 Å². The molecule has 0 spiro atoms. The van der Waals surface area contributed by atoms with Gasteiger partial charge in [0.2, 0.25) is 0 Å². The maximum absolute atomic E-state index is 5.76. The van der Waals surface area contributed by atoms with E-state index in [9.17, 15) is 0 Å². The molecule has 0 radical (unpaired) electrons. The second-order valence-corrected chi connectivity index (χ2v) is 3.84. The molecular weight excluding hydrogens is 265 g/mol. The smallest absolute Gasteiger partial charge is 0.0809 e. The molecule has 0 aliphatic rings. The Morgan fingerprint density at radius 3 is 2.86 bits per heavy atom. The monoisotopic (exact) mass is 271 g/mol. The molecule has 0 aliphatic heterocycles. The Labute approximate surface area is 94.8 Å². The number of alkyl halides is 1. The summed E-state index contributed by atoms with van der Waals surface area (Å²) in [5, 5.41) is 7.79. The highest BCUT2D eigenvalue weighted by atomic mass is 79.9. The molecule has 72 valence electrons. The maximum Gasteiger partial charge on any atom is 0.0809 e. The lowest BCUT2D eigenvalue weighted by Crippen LogP contribution is -2.01. The van der Waals surface area contributed by atoms with Gasteiger partial charge in [-0.1, -0.05) is 17.3 Å². The van der Waals surface area contributed by atoms with E-state index in [2.05, 4.69) is 26.2 Å². The molecule has 0 saturated carbocycles. The summed E-state index contributed by atoms with van der Waals surface area (Å²) in [4.78, 5) is 0. The molecule has 0 bridgehead atoms. The first-order valence-electron chi connectivity index (χ1n) is 4.03. The summed E-state index contributed by atoms with van der Waals surface area (Å²) in [6, 6.07) is 7.80. The number of halogens is 2. The summed E-state index contributed by atoms with van der Waals surface area (Å²) in [7, 11) is 0. The van der Waals surface area contributed by atoms with Gasteiger partial charge in [-0.2, -0.15) is 0 Å². The van der Waals surface area contributed by atoms with E-state index in [1.807, 2.05) is 24.3 Å².